The van der Waals surface area contributed by atoms with Gasteiger partial charge < -0.3 is 14.8 Å². The summed E-state index contributed by atoms with van der Waals surface area (Å²) in [6, 6.07) is 9.13. The van der Waals surface area contributed by atoms with Crippen molar-refractivity contribution in [3.8, 4) is 11.5 Å². The average Bonchev–Trinajstić information content (AvgIpc) is 3.22. The van der Waals surface area contributed by atoms with Crippen LogP contribution in [0.15, 0.2) is 35.1 Å². The van der Waals surface area contributed by atoms with Crippen LogP contribution >= 0.6 is 0 Å². The van der Waals surface area contributed by atoms with Gasteiger partial charge in [0.2, 0.25) is 5.91 Å². The number of carbonyl (C=O) groups excluding carboxylic acids is 1. The van der Waals surface area contributed by atoms with Gasteiger partial charge in [-0.3, -0.25) is 9.36 Å². The maximum Gasteiger partial charge on any atom is 0.351 e. The van der Waals surface area contributed by atoms with Gasteiger partial charge in [0, 0.05) is 23.6 Å². The molecule has 2 aromatic heterocycles. The minimum absolute atomic E-state index is 0.198. The standard InChI is InChI=1S/C24H27N5O4/c1-6-7-21-26-23-17-11-19(32-4)20(33-5)12-18(17)28(24(31)29(23)27-21)13-22(30)25-16-9-8-14(2)15(3)10-16/h8-12H,6-7,13H2,1-5H3,(H,25,30). The number of ether oxygens (including phenoxy) is 2. The lowest BCUT2D eigenvalue weighted by atomic mass is 10.1. The van der Waals surface area contributed by atoms with Gasteiger partial charge in [0.05, 0.1) is 19.7 Å². The fraction of sp³-hybridized carbons (Fsp3) is 0.333. The number of amides is 1. The summed E-state index contributed by atoms with van der Waals surface area (Å²) in [6.07, 6.45) is 1.49. The number of aryl methyl sites for hydroxylation is 3. The van der Waals surface area contributed by atoms with Crippen LogP contribution in [0.5, 0.6) is 11.5 Å². The van der Waals surface area contributed by atoms with Crippen molar-refractivity contribution >= 4 is 28.1 Å². The molecule has 0 fully saturated rings. The van der Waals surface area contributed by atoms with Crippen molar-refractivity contribution in [1.82, 2.24) is 19.2 Å². The van der Waals surface area contributed by atoms with E-state index >= 15 is 0 Å². The molecule has 0 radical (unpaired) electrons. The van der Waals surface area contributed by atoms with Gasteiger partial charge in [0.1, 0.15) is 6.54 Å². The van der Waals surface area contributed by atoms with E-state index in [0.29, 0.717) is 46.0 Å². The number of hydrogen-bond acceptors (Lipinski definition) is 6. The molecule has 2 heterocycles. The Balaban J connectivity index is 1.85. The van der Waals surface area contributed by atoms with E-state index in [1.807, 2.05) is 39.0 Å². The maximum atomic E-state index is 13.4. The van der Waals surface area contributed by atoms with Crippen molar-refractivity contribution in [2.24, 2.45) is 0 Å². The van der Waals surface area contributed by atoms with Crippen molar-refractivity contribution in [1.29, 1.82) is 0 Å². The zero-order valence-corrected chi connectivity index (χ0v) is 19.4. The number of hydrogen-bond donors (Lipinski definition) is 1. The molecule has 33 heavy (non-hydrogen) atoms. The third kappa shape index (κ3) is 4.13. The molecule has 4 aromatic rings. The van der Waals surface area contributed by atoms with Crippen molar-refractivity contribution in [3.05, 3.63) is 57.8 Å². The first-order valence-electron chi connectivity index (χ1n) is 10.8. The highest BCUT2D eigenvalue weighted by atomic mass is 16.5. The molecular weight excluding hydrogens is 422 g/mol. The second kappa shape index (κ2) is 8.93. The number of rotatable bonds is 7. The Morgan fingerprint density at radius 2 is 1.79 bits per heavy atom. The molecule has 0 unspecified atom stereocenters. The number of anilines is 1. The van der Waals surface area contributed by atoms with Gasteiger partial charge in [-0.2, -0.15) is 4.52 Å². The molecule has 0 atom stereocenters. The molecule has 0 aliphatic carbocycles. The molecule has 9 heteroatoms. The highest BCUT2D eigenvalue weighted by Crippen LogP contribution is 2.33. The summed E-state index contributed by atoms with van der Waals surface area (Å²) < 4.78 is 13.5. The predicted octanol–water partition coefficient (Wildman–Crippen LogP) is 3.27. The lowest BCUT2D eigenvalue weighted by Gasteiger charge is -2.14. The van der Waals surface area contributed by atoms with E-state index < -0.39 is 5.69 Å². The Bertz CT molecular complexity index is 1420. The van der Waals surface area contributed by atoms with Gasteiger partial charge in [-0.25, -0.2) is 9.78 Å². The smallest absolute Gasteiger partial charge is 0.351 e. The minimum Gasteiger partial charge on any atom is -0.493 e. The van der Waals surface area contributed by atoms with E-state index in [4.69, 9.17) is 9.47 Å². The lowest BCUT2D eigenvalue weighted by Crippen LogP contribution is -2.32. The summed E-state index contributed by atoms with van der Waals surface area (Å²) in [5, 5.41) is 7.91. The molecule has 9 nitrogen and oxygen atoms in total. The van der Waals surface area contributed by atoms with Crippen molar-refractivity contribution in [2.75, 3.05) is 19.5 Å². The van der Waals surface area contributed by atoms with E-state index in [1.54, 1.807) is 19.2 Å². The summed E-state index contributed by atoms with van der Waals surface area (Å²) >= 11 is 0. The number of aromatic nitrogens is 4. The van der Waals surface area contributed by atoms with Crippen LogP contribution in [0.4, 0.5) is 5.69 Å². The lowest BCUT2D eigenvalue weighted by molar-refractivity contribution is -0.116. The molecule has 2 aromatic carbocycles. The average molecular weight is 450 g/mol. The highest BCUT2D eigenvalue weighted by molar-refractivity contribution is 5.96. The van der Waals surface area contributed by atoms with Crippen LogP contribution in [-0.4, -0.2) is 39.3 Å². The first-order chi connectivity index (χ1) is 15.9. The Morgan fingerprint density at radius 3 is 2.45 bits per heavy atom. The number of benzene rings is 2. The van der Waals surface area contributed by atoms with Gasteiger partial charge in [0.25, 0.3) is 0 Å². The molecule has 0 bridgehead atoms. The molecule has 0 saturated carbocycles. The summed E-state index contributed by atoms with van der Waals surface area (Å²) in [7, 11) is 3.06. The number of methoxy groups -OCH3 is 2. The molecule has 0 spiro atoms. The number of carbonyl (C=O) groups is 1. The number of nitrogens with one attached hydrogen (secondary N) is 1. The predicted molar refractivity (Wildman–Crippen MR) is 126 cm³/mol. The molecular formula is C24H27N5O4. The van der Waals surface area contributed by atoms with Crippen molar-refractivity contribution < 1.29 is 14.3 Å². The van der Waals surface area contributed by atoms with E-state index in [-0.39, 0.29) is 12.5 Å². The van der Waals surface area contributed by atoms with Crippen LogP contribution in [0.2, 0.25) is 0 Å². The minimum atomic E-state index is -0.449. The van der Waals surface area contributed by atoms with Crippen LogP contribution in [0.1, 0.15) is 30.3 Å². The van der Waals surface area contributed by atoms with Gasteiger partial charge in [0.15, 0.2) is 23.0 Å². The van der Waals surface area contributed by atoms with Crippen LogP contribution in [-0.2, 0) is 17.8 Å². The highest BCUT2D eigenvalue weighted by Gasteiger charge is 2.19. The first-order valence-corrected chi connectivity index (χ1v) is 10.8. The molecule has 1 amide bonds. The third-order valence-electron chi connectivity index (χ3n) is 5.66. The molecule has 0 aliphatic rings. The number of fused-ring (bicyclic) bond motifs is 3. The van der Waals surface area contributed by atoms with E-state index in [2.05, 4.69) is 15.4 Å². The maximum absolute atomic E-state index is 13.4. The van der Waals surface area contributed by atoms with Crippen molar-refractivity contribution in [2.45, 2.75) is 40.2 Å². The normalized spacial score (nSPS) is 11.2. The van der Waals surface area contributed by atoms with Crippen LogP contribution in [0, 0.1) is 13.8 Å². The molecule has 172 valence electrons. The van der Waals surface area contributed by atoms with Gasteiger partial charge >= 0.3 is 5.69 Å². The fourth-order valence-electron chi connectivity index (χ4n) is 3.80. The SMILES string of the molecule is CCCc1nc2c3cc(OC)c(OC)cc3n(CC(=O)Nc3ccc(C)c(C)c3)c(=O)n2n1. The second-order valence-electron chi connectivity index (χ2n) is 7.95. The molecule has 0 saturated heterocycles. The third-order valence-corrected chi connectivity index (χ3v) is 5.66. The zero-order chi connectivity index (χ0) is 23.7. The van der Waals surface area contributed by atoms with Gasteiger partial charge in [-0.15, -0.1) is 5.10 Å². The van der Waals surface area contributed by atoms with E-state index in [9.17, 15) is 9.59 Å². The van der Waals surface area contributed by atoms with Gasteiger partial charge in [-0.05, 0) is 49.6 Å². The summed E-state index contributed by atoms with van der Waals surface area (Å²) in [6.45, 7) is 5.81. The molecule has 4 rings (SSSR count). The first kappa shape index (κ1) is 22.3. The Hall–Kier alpha value is -3.88. The fourth-order valence-corrected chi connectivity index (χ4v) is 3.80. The molecule has 0 aliphatic heterocycles. The Kier molecular flexibility index (Phi) is 6.04. The monoisotopic (exact) mass is 449 g/mol. The quantitative estimate of drug-likeness (QED) is 0.465. The topological polar surface area (TPSA) is 99.7 Å². The van der Waals surface area contributed by atoms with Crippen LogP contribution in [0.3, 0.4) is 0 Å². The number of nitrogens with zero attached hydrogens (tertiary/aromatic N) is 4. The molecule has 1 N–H and O–H groups in total. The van der Waals surface area contributed by atoms with E-state index in [1.165, 1.54) is 16.2 Å². The zero-order valence-electron chi connectivity index (χ0n) is 19.4. The second-order valence-corrected chi connectivity index (χ2v) is 7.95. The Morgan fingerprint density at radius 1 is 1.06 bits per heavy atom. The van der Waals surface area contributed by atoms with Gasteiger partial charge in [-0.1, -0.05) is 13.0 Å². The summed E-state index contributed by atoms with van der Waals surface area (Å²) in [5.74, 6) is 1.19. The largest absolute Gasteiger partial charge is 0.493 e. The van der Waals surface area contributed by atoms with Crippen molar-refractivity contribution in [3.63, 3.8) is 0 Å². The van der Waals surface area contributed by atoms with Crippen LogP contribution < -0.4 is 20.5 Å². The summed E-state index contributed by atoms with van der Waals surface area (Å²) in [4.78, 5) is 30.9. The summed E-state index contributed by atoms with van der Waals surface area (Å²) in [5.41, 5.74) is 3.36. The van der Waals surface area contributed by atoms with Crippen LogP contribution in [0.25, 0.3) is 16.6 Å². The van der Waals surface area contributed by atoms with E-state index in [0.717, 1.165) is 17.5 Å². The Labute approximate surface area is 191 Å².